The monoisotopic (exact) mass is 241 g/mol. The Bertz CT molecular complexity index is 442. The number of terminal acetylenes is 1. The van der Waals surface area contributed by atoms with E-state index in [0.717, 1.165) is 24.3 Å². The van der Waals surface area contributed by atoms with Crippen LogP contribution in [0.25, 0.3) is 0 Å². The Balaban J connectivity index is 2.89. The molecule has 1 amide bonds. The number of amides is 1. The molecule has 17 heavy (non-hydrogen) atoms. The van der Waals surface area contributed by atoms with Crippen molar-refractivity contribution < 1.29 is 18.0 Å². The SMILES string of the molecule is C#CCN(C)C(=O)c1ccc(C(F)(F)F)cc1. The van der Waals surface area contributed by atoms with Crippen LogP contribution >= 0.6 is 0 Å². The molecule has 0 N–H and O–H groups in total. The van der Waals surface area contributed by atoms with Crippen LogP contribution in [0.4, 0.5) is 13.2 Å². The summed E-state index contributed by atoms with van der Waals surface area (Å²) in [5, 5.41) is 0. The van der Waals surface area contributed by atoms with E-state index in [0.29, 0.717) is 0 Å². The van der Waals surface area contributed by atoms with Crippen LogP contribution in [-0.2, 0) is 6.18 Å². The summed E-state index contributed by atoms with van der Waals surface area (Å²) in [5.74, 6) is 1.87. The third kappa shape index (κ3) is 3.25. The van der Waals surface area contributed by atoms with Gasteiger partial charge in [-0.2, -0.15) is 13.2 Å². The smallest absolute Gasteiger partial charge is 0.331 e. The second kappa shape index (κ2) is 4.91. The molecule has 0 bridgehead atoms. The number of carbonyl (C=O) groups is 1. The first-order valence-electron chi connectivity index (χ1n) is 4.72. The fraction of sp³-hybridized carbons (Fsp3) is 0.250. The van der Waals surface area contributed by atoms with Gasteiger partial charge in [0.25, 0.3) is 5.91 Å². The minimum absolute atomic E-state index is 0.111. The van der Waals surface area contributed by atoms with Gasteiger partial charge in [-0.3, -0.25) is 4.79 Å². The van der Waals surface area contributed by atoms with Crippen LogP contribution in [0.15, 0.2) is 24.3 Å². The first-order valence-corrected chi connectivity index (χ1v) is 4.72. The number of hydrogen-bond donors (Lipinski definition) is 0. The Morgan fingerprint density at radius 1 is 1.35 bits per heavy atom. The molecule has 0 saturated heterocycles. The second-order valence-electron chi connectivity index (χ2n) is 3.44. The maximum Gasteiger partial charge on any atom is 0.416 e. The van der Waals surface area contributed by atoms with Gasteiger partial charge in [-0.05, 0) is 24.3 Å². The predicted molar refractivity (Wildman–Crippen MR) is 57.2 cm³/mol. The van der Waals surface area contributed by atoms with E-state index in [1.165, 1.54) is 11.9 Å². The Kier molecular flexibility index (Phi) is 3.79. The van der Waals surface area contributed by atoms with Crippen LogP contribution in [0.5, 0.6) is 0 Å². The molecule has 0 aliphatic carbocycles. The molecule has 0 saturated carbocycles. The van der Waals surface area contributed by atoms with Crippen LogP contribution < -0.4 is 0 Å². The lowest BCUT2D eigenvalue weighted by molar-refractivity contribution is -0.137. The largest absolute Gasteiger partial charge is 0.416 e. The molecule has 0 aliphatic rings. The van der Waals surface area contributed by atoms with E-state index in [1.54, 1.807) is 0 Å². The van der Waals surface area contributed by atoms with Gasteiger partial charge in [0.1, 0.15) is 0 Å². The zero-order valence-corrected chi connectivity index (χ0v) is 9.08. The molecule has 0 radical (unpaired) electrons. The van der Waals surface area contributed by atoms with Crippen LogP contribution in [0.1, 0.15) is 15.9 Å². The van der Waals surface area contributed by atoms with Gasteiger partial charge in [-0.1, -0.05) is 5.92 Å². The van der Waals surface area contributed by atoms with Crippen LogP contribution in [0, 0.1) is 12.3 Å². The molecule has 0 unspecified atom stereocenters. The molecule has 90 valence electrons. The number of nitrogens with zero attached hydrogens (tertiary/aromatic N) is 1. The Morgan fingerprint density at radius 3 is 2.29 bits per heavy atom. The van der Waals surface area contributed by atoms with Gasteiger partial charge in [-0.15, -0.1) is 6.42 Å². The first-order chi connectivity index (χ1) is 7.86. The highest BCUT2D eigenvalue weighted by Gasteiger charge is 2.30. The normalized spacial score (nSPS) is 10.8. The van der Waals surface area contributed by atoms with E-state index in [9.17, 15) is 18.0 Å². The van der Waals surface area contributed by atoms with Gasteiger partial charge in [0.15, 0.2) is 0 Å². The van der Waals surface area contributed by atoms with Crippen molar-refractivity contribution in [3.05, 3.63) is 35.4 Å². The van der Waals surface area contributed by atoms with E-state index in [-0.39, 0.29) is 12.1 Å². The fourth-order valence-corrected chi connectivity index (χ4v) is 1.23. The van der Waals surface area contributed by atoms with Gasteiger partial charge < -0.3 is 4.90 Å². The minimum atomic E-state index is -4.40. The molecule has 1 aromatic carbocycles. The maximum atomic E-state index is 12.3. The summed E-state index contributed by atoms with van der Waals surface area (Å²) < 4.78 is 36.8. The van der Waals surface area contributed by atoms with Crippen LogP contribution in [0.3, 0.4) is 0 Å². The van der Waals surface area contributed by atoms with E-state index in [4.69, 9.17) is 6.42 Å². The second-order valence-corrected chi connectivity index (χ2v) is 3.44. The molecular weight excluding hydrogens is 231 g/mol. The van der Waals surface area contributed by atoms with Gasteiger partial charge in [0.05, 0.1) is 12.1 Å². The molecule has 1 aromatic rings. The third-order valence-electron chi connectivity index (χ3n) is 2.13. The topological polar surface area (TPSA) is 20.3 Å². The molecule has 0 aromatic heterocycles. The number of alkyl halides is 3. The molecule has 0 aliphatic heterocycles. The fourth-order valence-electron chi connectivity index (χ4n) is 1.23. The summed E-state index contributed by atoms with van der Waals surface area (Å²) in [5.41, 5.74) is -0.607. The van der Waals surface area contributed by atoms with Crippen LogP contribution in [-0.4, -0.2) is 24.4 Å². The summed E-state index contributed by atoms with van der Waals surface area (Å²) >= 11 is 0. The molecule has 1 rings (SSSR count). The lowest BCUT2D eigenvalue weighted by Crippen LogP contribution is -2.26. The number of rotatable bonds is 2. The quantitative estimate of drug-likeness (QED) is 0.728. The van der Waals surface area contributed by atoms with E-state index in [2.05, 4.69) is 5.92 Å². The van der Waals surface area contributed by atoms with Crippen molar-refractivity contribution >= 4 is 5.91 Å². The maximum absolute atomic E-state index is 12.3. The Hall–Kier alpha value is -1.96. The molecule has 5 heteroatoms. The van der Waals surface area contributed by atoms with Gasteiger partial charge >= 0.3 is 6.18 Å². The molecule has 0 fully saturated rings. The van der Waals surface area contributed by atoms with Crippen molar-refractivity contribution in [1.29, 1.82) is 0 Å². The van der Waals surface area contributed by atoms with Crippen molar-refractivity contribution in [1.82, 2.24) is 4.90 Å². The van der Waals surface area contributed by atoms with Gasteiger partial charge in [0.2, 0.25) is 0 Å². The standard InChI is InChI=1S/C12H10F3NO/c1-3-8-16(2)11(17)9-4-6-10(7-5-9)12(13,14)15/h1,4-7H,8H2,2H3. The molecule has 0 spiro atoms. The van der Waals surface area contributed by atoms with Gasteiger partial charge in [-0.25, -0.2) is 0 Å². The number of halogens is 3. The number of benzene rings is 1. The number of carbonyl (C=O) groups excluding carboxylic acids is 1. The molecular formula is C12H10F3NO. The molecule has 2 nitrogen and oxygen atoms in total. The zero-order valence-electron chi connectivity index (χ0n) is 9.08. The van der Waals surface area contributed by atoms with Crippen LogP contribution in [0.2, 0.25) is 0 Å². The minimum Gasteiger partial charge on any atom is -0.331 e. The van der Waals surface area contributed by atoms with Crippen molar-refractivity contribution in [2.45, 2.75) is 6.18 Å². The Labute approximate surface area is 97.0 Å². The predicted octanol–water partition coefficient (Wildman–Crippen LogP) is 2.41. The lowest BCUT2D eigenvalue weighted by atomic mass is 10.1. The molecule has 0 atom stereocenters. The average molecular weight is 241 g/mol. The highest BCUT2D eigenvalue weighted by molar-refractivity contribution is 5.94. The lowest BCUT2D eigenvalue weighted by Gasteiger charge is -2.14. The van der Waals surface area contributed by atoms with Crippen molar-refractivity contribution in [3.8, 4) is 12.3 Å². The summed E-state index contributed by atoms with van der Waals surface area (Å²) in [4.78, 5) is 12.9. The summed E-state index contributed by atoms with van der Waals surface area (Å²) in [6.07, 6.45) is 0.637. The van der Waals surface area contributed by atoms with Crippen molar-refractivity contribution in [2.24, 2.45) is 0 Å². The Morgan fingerprint density at radius 2 is 1.88 bits per heavy atom. The van der Waals surface area contributed by atoms with Crippen molar-refractivity contribution in [2.75, 3.05) is 13.6 Å². The van der Waals surface area contributed by atoms with E-state index in [1.807, 2.05) is 0 Å². The van der Waals surface area contributed by atoms with E-state index < -0.39 is 17.6 Å². The zero-order chi connectivity index (χ0) is 13.1. The van der Waals surface area contributed by atoms with Crippen molar-refractivity contribution in [3.63, 3.8) is 0 Å². The summed E-state index contributed by atoms with van der Waals surface area (Å²) in [6, 6.07) is 4.02. The number of hydrogen-bond acceptors (Lipinski definition) is 1. The average Bonchev–Trinajstić information content (AvgIpc) is 2.27. The van der Waals surface area contributed by atoms with E-state index >= 15 is 0 Å². The highest BCUT2D eigenvalue weighted by atomic mass is 19.4. The first kappa shape index (κ1) is 13.1. The van der Waals surface area contributed by atoms with Gasteiger partial charge in [0, 0.05) is 12.6 Å². The molecule has 0 heterocycles. The highest BCUT2D eigenvalue weighted by Crippen LogP contribution is 2.29. The summed E-state index contributed by atoms with van der Waals surface area (Å²) in [6.45, 7) is 0.111. The summed E-state index contributed by atoms with van der Waals surface area (Å²) in [7, 11) is 1.49. The third-order valence-corrected chi connectivity index (χ3v) is 2.13.